The fourth-order valence-corrected chi connectivity index (χ4v) is 1.87. The molecule has 0 saturated carbocycles. The van der Waals surface area contributed by atoms with Crippen LogP contribution < -0.4 is 5.32 Å². The monoisotopic (exact) mass is 235 g/mol. The van der Waals surface area contributed by atoms with Gasteiger partial charge in [0.25, 0.3) is 0 Å². The Hall–Kier alpha value is -0.740. The van der Waals surface area contributed by atoms with Crippen LogP contribution in [0.4, 0.5) is 5.69 Å². The van der Waals surface area contributed by atoms with Crippen molar-refractivity contribution in [1.29, 1.82) is 0 Å². The molecule has 0 aromatic heterocycles. The molecule has 0 atom stereocenters. The average molecular weight is 236 g/mol. The summed E-state index contributed by atoms with van der Waals surface area (Å²) < 4.78 is 21.9. The first-order valence-corrected chi connectivity index (χ1v) is 6.02. The van der Waals surface area contributed by atoms with Gasteiger partial charge in [-0.2, -0.15) is 0 Å². The molecule has 0 aliphatic rings. The molecule has 0 radical (unpaired) electrons. The highest BCUT2D eigenvalue weighted by Gasteiger charge is 2.03. The second kappa shape index (κ2) is 5.22. The number of rotatable bonds is 3. The van der Waals surface area contributed by atoms with Crippen molar-refractivity contribution in [3.63, 3.8) is 0 Å². The summed E-state index contributed by atoms with van der Waals surface area (Å²) in [6, 6.07) is 7.35. The normalized spacial score (nSPS) is 10.4. The predicted molar refractivity (Wildman–Crippen MR) is 61.8 cm³/mol. The molecule has 0 spiro atoms. The highest BCUT2D eigenvalue weighted by molar-refractivity contribution is 7.89. The topological polar surface area (TPSA) is 46.2 Å². The Labute approximate surface area is 90.9 Å². The van der Waals surface area contributed by atoms with Crippen LogP contribution in [0.2, 0.25) is 0 Å². The largest absolute Gasteiger partial charge is 0.388 e. The molecule has 5 heteroatoms. The van der Waals surface area contributed by atoms with Gasteiger partial charge < -0.3 is 5.32 Å². The van der Waals surface area contributed by atoms with Crippen LogP contribution in [0.3, 0.4) is 0 Å². The first kappa shape index (κ1) is 13.3. The third-order valence-electron chi connectivity index (χ3n) is 1.67. The minimum absolute atomic E-state index is 0. The predicted octanol–water partition coefficient (Wildman–Crippen LogP) is 1.69. The van der Waals surface area contributed by atoms with Crippen molar-refractivity contribution in [2.75, 3.05) is 18.6 Å². The van der Waals surface area contributed by atoms with Gasteiger partial charge in [-0.3, -0.25) is 0 Å². The van der Waals surface area contributed by atoms with Crippen molar-refractivity contribution < 1.29 is 8.42 Å². The van der Waals surface area contributed by atoms with Crippen molar-refractivity contribution in [3.05, 3.63) is 29.8 Å². The Morgan fingerprint density at radius 2 is 1.71 bits per heavy atom. The molecule has 0 aliphatic heterocycles. The smallest absolute Gasteiger partial charge is 0.151 e. The molecular weight excluding hydrogens is 222 g/mol. The van der Waals surface area contributed by atoms with Gasteiger partial charge in [-0.1, -0.05) is 12.1 Å². The number of anilines is 1. The fourth-order valence-electron chi connectivity index (χ4n) is 1.07. The Balaban J connectivity index is 0.00000169. The van der Waals surface area contributed by atoms with Gasteiger partial charge in [0.05, 0.1) is 5.75 Å². The van der Waals surface area contributed by atoms with Crippen molar-refractivity contribution in [1.82, 2.24) is 0 Å². The fraction of sp³-hybridized carbons (Fsp3) is 0.333. The van der Waals surface area contributed by atoms with Crippen LogP contribution in [0.15, 0.2) is 24.3 Å². The highest BCUT2D eigenvalue weighted by Crippen LogP contribution is 2.10. The molecule has 0 heterocycles. The minimum atomic E-state index is -2.92. The molecule has 0 unspecified atom stereocenters. The van der Waals surface area contributed by atoms with Gasteiger partial charge in [0.2, 0.25) is 0 Å². The first-order chi connectivity index (χ1) is 6.01. The lowest BCUT2D eigenvalue weighted by molar-refractivity contribution is 0.601. The SMILES string of the molecule is CNc1ccc(CS(C)(=O)=O)cc1.Cl. The highest BCUT2D eigenvalue weighted by atomic mass is 35.5. The lowest BCUT2D eigenvalue weighted by Crippen LogP contribution is -2.00. The van der Waals surface area contributed by atoms with E-state index in [4.69, 9.17) is 0 Å². The van der Waals surface area contributed by atoms with Gasteiger partial charge in [0, 0.05) is 19.0 Å². The van der Waals surface area contributed by atoms with Crippen molar-refractivity contribution in [2.45, 2.75) is 5.75 Å². The van der Waals surface area contributed by atoms with E-state index in [0.29, 0.717) is 0 Å². The van der Waals surface area contributed by atoms with E-state index in [2.05, 4.69) is 5.32 Å². The van der Waals surface area contributed by atoms with Crippen LogP contribution in [0.1, 0.15) is 5.56 Å². The zero-order chi connectivity index (χ0) is 9.90. The molecule has 0 amide bonds. The van der Waals surface area contributed by atoms with E-state index in [1.165, 1.54) is 6.26 Å². The second-order valence-corrected chi connectivity index (χ2v) is 5.16. The van der Waals surface area contributed by atoms with Gasteiger partial charge in [-0.25, -0.2) is 8.42 Å². The molecule has 1 aromatic carbocycles. The van der Waals surface area contributed by atoms with Crippen LogP contribution >= 0.6 is 12.4 Å². The van der Waals surface area contributed by atoms with Crippen LogP contribution in [-0.4, -0.2) is 21.7 Å². The Bertz CT molecular complexity index is 372. The quantitative estimate of drug-likeness (QED) is 0.868. The summed E-state index contributed by atoms with van der Waals surface area (Å²) in [6.45, 7) is 0. The molecular formula is C9H14ClNO2S. The van der Waals surface area contributed by atoms with E-state index < -0.39 is 9.84 Å². The molecule has 0 bridgehead atoms. The van der Waals surface area contributed by atoms with Gasteiger partial charge >= 0.3 is 0 Å². The van der Waals surface area contributed by atoms with Gasteiger partial charge in [0.15, 0.2) is 9.84 Å². The summed E-state index contributed by atoms with van der Waals surface area (Å²) in [6.07, 6.45) is 1.24. The van der Waals surface area contributed by atoms with Gasteiger partial charge in [-0.05, 0) is 17.7 Å². The first-order valence-electron chi connectivity index (χ1n) is 3.96. The van der Waals surface area contributed by atoms with Crippen LogP contribution in [-0.2, 0) is 15.6 Å². The van der Waals surface area contributed by atoms with E-state index in [-0.39, 0.29) is 18.2 Å². The summed E-state index contributed by atoms with van der Waals surface area (Å²) in [4.78, 5) is 0. The molecule has 0 aliphatic carbocycles. The van der Waals surface area contributed by atoms with E-state index in [1.54, 1.807) is 0 Å². The Kier molecular flexibility index (Phi) is 4.94. The third-order valence-corrected chi connectivity index (χ3v) is 2.53. The third kappa shape index (κ3) is 4.48. The Morgan fingerprint density at radius 1 is 1.21 bits per heavy atom. The van der Waals surface area contributed by atoms with Crippen LogP contribution in [0.5, 0.6) is 0 Å². The standard InChI is InChI=1S/C9H13NO2S.ClH/c1-10-9-5-3-8(4-6-9)7-13(2,11)12;/h3-6,10H,7H2,1-2H3;1H. The molecule has 0 saturated heterocycles. The summed E-state index contributed by atoms with van der Waals surface area (Å²) in [5, 5.41) is 2.97. The number of benzene rings is 1. The van der Waals surface area contributed by atoms with E-state index in [1.807, 2.05) is 31.3 Å². The maximum atomic E-state index is 10.9. The molecule has 80 valence electrons. The van der Waals surface area contributed by atoms with E-state index in [9.17, 15) is 8.42 Å². The van der Waals surface area contributed by atoms with Crippen molar-refractivity contribution >= 4 is 27.9 Å². The molecule has 1 rings (SSSR count). The van der Waals surface area contributed by atoms with Crippen LogP contribution in [0.25, 0.3) is 0 Å². The number of nitrogens with one attached hydrogen (secondary N) is 1. The molecule has 1 N–H and O–H groups in total. The van der Waals surface area contributed by atoms with Crippen molar-refractivity contribution in [3.8, 4) is 0 Å². The average Bonchev–Trinajstić information content (AvgIpc) is 2.03. The number of hydrogen-bond acceptors (Lipinski definition) is 3. The van der Waals surface area contributed by atoms with Crippen LogP contribution in [0, 0.1) is 0 Å². The zero-order valence-corrected chi connectivity index (χ0v) is 9.78. The summed E-state index contributed by atoms with van der Waals surface area (Å²) >= 11 is 0. The maximum absolute atomic E-state index is 10.9. The molecule has 14 heavy (non-hydrogen) atoms. The zero-order valence-electron chi connectivity index (χ0n) is 8.15. The summed E-state index contributed by atoms with van der Waals surface area (Å²) in [5.41, 5.74) is 1.80. The molecule has 0 fully saturated rings. The number of hydrogen-bond donors (Lipinski definition) is 1. The second-order valence-electron chi connectivity index (χ2n) is 3.02. The van der Waals surface area contributed by atoms with Gasteiger partial charge in [0.1, 0.15) is 0 Å². The van der Waals surface area contributed by atoms with E-state index >= 15 is 0 Å². The Morgan fingerprint density at radius 3 is 2.07 bits per heavy atom. The number of halogens is 1. The summed E-state index contributed by atoms with van der Waals surface area (Å²) in [7, 11) is -1.09. The number of sulfone groups is 1. The van der Waals surface area contributed by atoms with Gasteiger partial charge in [-0.15, -0.1) is 12.4 Å². The van der Waals surface area contributed by atoms with E-state index in [0.717, 1.165) is 11.3 Å². The lowest BCUT2D eigenvalue weighted by Gasteiger charge is -2.01. The van der Waals surface area contributed by atoms with Crippen molar-refractivity contribution in [2.24, 2.45) is 0 Å². The summed E-state index contributed by atoms with van der Waals surface area (Å²) in [5.74, 6) is 0.108. The lowest BCUT2D eigenvalue weighted by atomic mass is 10.2. The molecule has 1 aromatic rings. The molecule has 3 nitrogen and oxygen atoms in total. The maximum Gasteiger partial charge on any atom is 0.151 e. The minimum Gasteiger partial charge on any atom is -0.388 e.